The van der Waals surface area contributed by atoms with Crippen LogP contribution < -0.4 is 10.6 Å². The van der Waals surface area contributed by atoms with E-state index >= 15 is 0 Å². The van der Waals surface area contributed by atoms with Crippen molar-refractivity contribution in [3.8, 4) is 0 Å². The van der Waals surface area contributed by atoms with E-state index in [1.807, 2.05) is 0 Å². The molecule has 2 rings (SSSR count). The van der Waals surface area contributed by atoms with Crippen molar-refractivity contribution >= 4 is 33.6 Å². The molecule has 0 heterocycles. The molecule has 0 atom stereocenters. The van der Waals surface area contributed by atoms with Gasteiger partial charge in [0.05, 0.1) is 11.3 Å². The summed E-state index contributed by atoms with van der Waals surface area (Å²) in [5.41, 5.74) is 0.721. The minimum Gasteiger partial charge on any atom is -0.478 e. The van der Waals surface area contributed by atoms with Crippen LogP contribution in [0.15, 0.2) is 22.7 Å². The SMILES string of the molecule is O=C(Nc1ccc(C(=O)O)cc1Br)NC1CC1. The normalized spacial score (nSPS) is 14.2. The highest BCUT2D eigenvalue weighted by molar-refractivity contribution is 9.10. The summed E-state index contributed by atoms with van der Waals surface area (Å²) < 4.78 is 0.545. The summed E-state index contributed by atoms with van der Waals surface area (Å²) in [6, 6.07) is 4.47. The van der Waals surface area contributed by atoms with Crippen molar-refractivity contribution in [2.45, 2.75) is 18.9 Å². The van der Waals surface area contributed by atoms with Crippen molar-refractivity contribution in [1.29, 1.82) is 0 Å². The predicted molar refractivity (Wildman–Crippen MR) is 66.3 cm³/mol. The summed E-state index contributed by atoms with van der Waals surface area (Å²) in [5.74, 6) is -1.00. The van der Waals surface area contributed by atoms with Crippen molar-refractivity contribution in [2.75, 3.05) is 5.32 Å². The van der Waals surface area contributed by atoms with Gasteiger partial charge in [-0.15, -0.1) is 0 Å². The van der Waals surface area contributed by atoms with Gasteiger partial charge in [-0.25, -0.2) is 9.59 Å². The van der Waals surface area contributed by atoms with Gasteiger partial charge in [0.15, 0.2) is 0 Å². The third kappa shape index (κ3) is 3.20. The standard InChI is InChI=1S/C11H11BrN2O3/c12-8-5-6(10(15)16)1-4-9(8)14-11(17)13-7-2-3-7/h1,4-5,7H,2-3H2,(H,15,16)(H2,13,14,17). The second-order valence-corrected chi connectivity index (χ2v) is 4.73. The molecule has 1 aliphatic rings. The number of benzene rings is 1. The number of carbonyl (C=O) groups excluding carboxylic acids is 1. The van der Waals surface area contributed by atoms with Gasteiger partial charge in [-0.05, 0) is 47.0 Å². The molecule has 3 N–H and O–H groups in total. The van der Waals surface area contributed by atoms with Gasteiger partial charge in [0, 0.05) is 10.5 Å². The second-order valence-electron chi connectivity index (χ2n) is 3.87. The molecule has 0 spiro atoms. The molecule has 0 radical (unpaired) electrons. The summed E-state index contributed by atoms with van der Waals surface area (Å²) in [7, 11) is 0. The number of carboxylic acids is 1. The Hall–Kier alpha value is -1.56. The third-order valence-corrected chi connectivity index (χ3v) is 3.03. The van der Waals surface area contributed by atoms with Crippen LogP contribution in [-0.4, -0.2) is 23.1 Å². The highest BCUT2D eigenvalue weighted by Crippen LogP contribution is 2.24. The minimum atomic E-state index is -1.00. The molecule has 1 fully saturated rings. The molecule has 0 unspecified atom stereocenters. The van der Waals surface area contributed by atoms with Crippen molar-refractivity contribution in [3.63, 3.8) is 0 Å². The monoisotopic (exact) mass is 298 g/mol. The van der Waals surface area contributed by atoms with E-state index in [2.05, 4.69) is 26.6 Å². The maximum atomic E-state index is 11.5. The molecule has 0 bridgehead atoms. The van der Waals surface area contributed by atoms with Crippen molar-refractivity contribution in [3.05, 3.63) is 28.2 Å². The second kappa shape index (κ2) is 4.75. The van der Waals surface area contributed by atoms with E-state index in [9.17, 15) is 9.59 Å². The van der Waals surface area contributed by atoms with E-state index in [0.29, 0.717) is 10.2 Å². The number of halogens is 1. The zero-order chi connectivity index (χ0) is 12.4. The Labute approximate surface area is 106 Å². The average molecular weight is 299 g/mol. The van der Waals surface area contributed by atoms with Crippen LogP contribution in [0.25, 0.3) is 0 Å². The van der Waals surface area contributed by atoms with E-state index in [4.69, 9.17) is 5.11 Å². The van der Waals surface area contributed by atoms with E-state index in [-0.39, 0.29) is 17.6 Å². The maximum Gasteiger partial charge on any atom is 0.335 e. The summed E-state index contributed by atoms with van der Waals surface area (Å²) in [5, 5.41) is 14.2. The lowest BCUT2D eigenvalue weighted by Gasteiger charge is -2.08. The quantitative estimate of drug-likeness (QED) is 0.802. The number of urea groups is 1. The number of rotatable bonds is 3. The Kier molecular flexibility index (Phi) is 3.33. The number of aromatic carboxylic acids is 1. The number of nitrogens with one attached hydrogen (secondary N) is 2. The van der Waals surface area contributed by atoms with Crippen molar-refractivity contribution < 1.29 is 14.7 Å². The fourth-order valence-electron chi connectivity index (χ4n) is 1.32. The van der Waals surface area contributed by atoms with Crippen molar-refractivity contribution in [1.82, 2.24) is 5.32 Å². The molecular weight excluding hydrogens is 288 g/mol. The van der Waals surface area contributed by atoms with Gasteiger partial charge in [0.1, 0.15) is 0 Å². The van der Waals surface area contributed by atoms with Crippen LogP contribution in [0.5, 0.6) is 0 Å². The van der Waals surface area contributed by atoms with Crippen LogP contribution in [0.3, 0.4) is 0 Å². The molecule has 6 heteroatoms. The zero-order valence-corrected chi connectivity index (χ0v) is 10.5. The van der Waals surface area contributed by atoms with Crippen LogP contribution in [0.4, 0.5) is 10.5 Å². The van der Waals surface area contributed by atoms with Crippen LogP contribution in [0.2, 0.25) is 0 Å². The molecule has 17 heavy (non-hydrogen) atoms. The summed E-state index contributed by atoms with van der Waals surface area (Å²) in [6.07, 6.45) is 2.04. The first kappa shape index (κ1) is 11.9. The third-order valence-electron chi connectivity index (χ3n) is 2.38. The lowest BCUT2D eigenvalue weighted by atomic mass is 10.2. The lowest BCUT2D eigenvalue weighted by molar-refractivity contribution is 0.0697. The van der Waals surface area contributed by atoms with Crippen molar-refractivity contribution in [2.24, 2.45) is 0 Å². The van der Waals surface area contributed by atoms with Crippen LogP contribution >= 0.6 is 15.9 Å². The Morgan fingerprint density at radius 3 is 2.59 bits per heavy atom. The van der Waals surface area contributed by atoms with Gasteiger partial charge in [0.2, 0.25) is 0 Å². The molecule has 90 valence electrons. The van der Waals surface area contributed by atoms with E-state index in [0.717, 1.165) is 12.8 Å². The summed E-state index contributed by atoms with van der Waals surface area (Å²) >= 11 is 3.22. The van der Waals surface area contributed by atoms with Gasteiger partial charge in [0.25, 0.3) is 0 Å². The number of amides is 2. The number of carboxylic acid groups (broad SMARTS) is 1. The Morgan fingerprint density at radius 1 is 1.35 bits per heavy atom. The molecule has 2 amide bonds. The number of carbonyl (C=O) groups is 2. The number of anilines is 1. The number of hydrogen-bond donors (Lipinski definition) is 3. The molecule has 5 nitrogen and oxygen atoms in total. The van der Waals surface area contributed by atoms with Gasteiger partial charge in [-0.1, -0.05) is 0 Å². The van der Waals surface area contributed by atoms with Gasteiger partial charge in [-0.3, -0.25) is 0 Å². The largest absolute Gasteiger partial charge is 0.478 e. The Bertz CT molecular complexity index is 472. The number of hydrogen-bond acceptors (Lipinski definition) is 2. The van der Waals surface area contributed by atoms with E-state index in [1.165, 1.54) is 12.1 Å². The molecular formula is C11H11BrN2O3. The smallest absolute Gasteiger partial charge is 0.335 e. The summed E-state index contributed by atoms with van der Waals surface area (Å²) in [4.78, 5) is 22.2. The van der Waals surface area contributed by atoms with Crippen LogP contribution in [0, 0.1) is 0 Å². The first-order valence-electron chi connectivity index (χ1n) is 5.16. The van der Waals surface area contributed by atoms with Gasteiger partial charge in [-0.2, -0.15) is 0 Å². The molecule has 0 aromatic heterocycles. The lowest BCUT2D eigenvalue weighted by Crippen LogP contribution is -2.30. The van der Waals surface area contributed by atoms with Crippen LogP contribution in [0.1, 0.15) is 23.2 Å². The molecule has 1 saturated carbocycles. The van der Waals surface area contributed by atoms with Gasteiger partial charge < -0.3 is 15.7 Å². The molecule has 1 aromatic rings. The summed E-state index contributed by atoms with van der Waals surface area (Å²) in [6.45, 7) is 0. The highest BCUT2D eigenvalue weighted by Gasteiger charge is 2.23. The van der Waals surface area contributed by atoms with E-state index in [1.54, 1.807) is 6.07 Å². The zero-order valence-electron chi connectivity index (χ0n) is 8.87. The molecule has 0 saturated heterocycles. The van der Waals surface area contributed by atoms with E-state index < -0.39 is 5.97 Å². The maximum absolute atomic E-state index is 11.5. The fraction of sp³-hybridized carbons (Fsp3) is 0.273. The molecule has 0 aliphatic heterocycles. The first-order valence-corrected chi connectivity index (χ1v) is 5.96. The fourth-order valence-corrected chi connectivity index (χ4v) is 1.80. The van der Waals surface area contributed by atoms with Gasteiger partial charge >= 0.3 is 12.0 Å². The minimum absolute atomic E-state index is 0.171. The average Bonchev–Trinajstić information content (AvgIpc) is 3.04. The molecule has 1 aromatic carbocycles. The Morgan fingerprint density at radius 2 is 2.06 bits per heavy atom. The Balaban J connectivity index is 2.04. The first-order chi connectivity index (χ1) is 8.06. The topological polar surface area (TPSA) is 78.4 Å². The van der Waals surface area contributed by atoms with Crippen LogP contribution in [-0.2, 0) is 0 Å². The predicted octanol–water partition coefficient (Wildman–Crippen LogP) is 2.43. The molecule has 1 aliphatic carbocycles. The highest BCUT2D eigenvalue weighted by atomic mass is 79.9.